The van der Waals surface area contributed by atoms with Gasteiger partial charge in [0.25, 0.3) is 0 Å². The zero-order valence-corrected chi connectivity index (χ0v) is 10.9. The summed E-state index contributed by atoms with van der Waals surface area (Å²) in [6.07, 6.45) is 0. The maximum atomic E-state index is 11.9. The van der Waals surface area contributed by atoms with Gasteiger partial charge in [-0.15, -0.1) is 0 Å². The first-order chi connectivity index (χ1) is 7.50. The summed E-state index contributed by atoms with van der Waals surface area (Å²) in [6, 6.07) is 0. The highest BCUT2D eigenvalue weighted by Gasteiger charge is 2.27. The summed E-state index contributed by atoms with van der Waals surface area (Å²) in [7, 11) is -0.451. The summed E-state index contributed by atoms with van der Waals surface area (Å²) in [4.78, 5) is 0. The van der Waals surface area contributed by atoms with E-state index in [1.54, 1.807) is 0 Å². The molecule has 0 aliphatic rings. The lowest BCUT2D eigenvalue weighted by molar-refractivity contribution is 0.149. The Hall–Kier alpha value is -0.210. The van der Waals surface area contributed by atoms with Crippen molar-refractivity contribution in [3.05, 3.63) is 0 Å². The van der Waals surface area contributed by atoms with Crippen molar-refractivity contribution in [3.8, 4) is 0 Å². The maximum absolute atomic E-state index is 11.9. The van der Waals surface area contributed by atoms with Gasteiger partial charge in [0.2, 0.25) is 10.0 Å². The van der Waals surface area contributed by atoms with E-state index in [4.69, 9.17) is 14.6 Å². The topological polar surface area (TPSA) is 76.1 Å². The first-order valence-corrected chi connectivity index (χ1v) is 6.58. The number of ether oxygens (including phenoxy) is 2. The van der Waals surface area contributed by atoms with Crippen molar-refractivity contribution in [2.24, 2.45) is 0 Å². The van der Waals surface area contributed by atoms with Gasteiger partial charge in [0.1, 0.15) is 0 Å². The molecular weight excluding hydrogens is 234 g/mol. The molecule has 0 amide bonds. The minimum atomic E-state index is -3.47. The summed E-state index contributed by atoms with van der Waals surface area (Å²) < 4.78 is 34.8. The number of hydrogen-bond donors (Lipinski definition) is 1. The molecule has 0 saturated carbocycles. The van der Waals surface area contributed by atoms with E-state index >= 15 is 0 Å². The molecule has 0 aromatic heterocycles. The molecule has 0 fully saturated rings. The van der Waals surface area contributed by atoms with Gasteiger partial charge in [-0.1, -0.05) is 0 Å². The quantitative estimate of drug-likeness (QED) is 0.589. The van der Waals surface area contributed by atoms with Gasteiger partial charge in [0, 0.05) is 27.3 Å². The Morgan fingerprint density at radius 3 is 1.94 bits per heavy atom. The number of hydrogen-bond acceptors (Lipinski definition) is 5. The molecule has 0 aliphatic heterocycles. The molecule has 0 aromatic rings. The second-order valence-electron chi connectivity index (χ2n) is 3.42. The molecule has 6 nitrogen and oxygen atoms in total. The lowest BCUT2D eigenvalue weighted by Gasteiger charge is -2.24. The molecule has 0 saturated heterocycles. The number of nitrogens with zero attached hydrogens (tertiary/aromatic N) is 1. The van der Waals surface area contributed by atoms with E-state index < -0.39 is 21.9 Å². The number of rotatable bonds is 9. The van der Waals surface area contributed by atoms with Crippen LogP contribution in [0.5, 0.6) is 0 Å². The summed E-state index contributed by atoms with van der Waals surface area (Å²) >= 11 is 0. The van der Waals surface area contributed by atoms with E-state index in [0.29, 0.717) is 13.2 Å². The van der Waals surface area contributed by atoms with Gasteiger partial charge in [-0.25, -0.2) is 8.42 Å². The Balaban J connectivity index is 4.58. The van der Waals surface area contributed by atoms with Crippen LogP contribution in [0.3, 0.4) is 0 Å². The van der Waals surface area contributed by atoms with Gasteiger partial charge < -0.3 is 14.6 Å². The monoisotopic (exact) mass is 255 g/mol. The molecule has 0 aromatic carbocycles. The smallest absolute Gasteiger partial charge is 0.219 e. The van der Waals surface area contributed by atoms with Crippen LogP contribution in [0.25, 0.3) is 0 Å². The van der Waals surface area contributed by atoms with E-state index in [0.717, 1.165) is 0 Å². The molecule has 0 heterocycles. The third-order valence-corrected chi connectivity index (χ3v) is 4.47. The molecule has 1 N–H and O–H groups in total. The predicted octanol–water partition coefficient (Wildman–Crippen LogP) is -0.708. The van der Waals surface area contributed by atoms with Crippen LogP contribution in [0.15, 0.2) is 0 Å². The molecule has 1 unspecified atom stereocenters. The van der Waals surface area contributed by atoms with Crippen LogP contribution in [0.1, 0.15) is 6.92 Å². The van der Waals surface area contributed by atoms with Gasteiger partial charge in [0.15, 0.2) is 0 Å². The van der Waals surface area contributed by atoms with Gasteiger partial charge >= 0.3 is 0 Å². The van der Waals surface area contributed by atoms with E-state index in [-0.39, 0.29) is 13.1 Å². The zero-order chi connectivity index (χ0) is 12.6. The molecule has 7 heteroatoms. The maximum Gasteiger partial charge on any atom is 0.219 e. The number of methoxy groups -OCH3 is 2. The van der Waals surface area contributed by atoms with E-state index in [2.05, 4.69) is 0 Å². The largest absolute Gasteiger partial charge is 0.395 e. The molecule has 1 atom stereocenters. The van der Waals surface area contributed by atoms with Gasteiger partial charge in [-0.2, -0.15) is 4.31 Å². The van der Waals surface area contributed by atoms with E-state index in [1.807, 2.05) is 0 Å². The molecule has 0 bridgehead atoms. The second kappa shape index (κ2) is 7.97. The Kier molecular flexibility index (Phi) is 7.86. The Morgan fingerprint density at radius 2 is 1.62 bits per heavy atom. The van der Waals surface area contributed by atoms with Gasteiger partial charge in [-0.05, 0) is 6.92 Å². The van der Waals surface area contributed by atoms with Gasteiger partial charge in [-0.3, -0.25) is 0 Å². The minimum absolute atomic E-state index is 0.270. The van der Waals surface area contributed by atoms with Gasteiger partial charge in [0.05, 0.1) is 25.1 Å². The first-order valence-electron chi connectivity index (χ1n) is 5.08. The fourth-order valence-corrected chi connectivity index (χ4v) is 2.46. The fraction of sp³-hybridized carbons (Fsp3) is 1.00. The third-order valence-electron chi connectivity index (χ3n) is 2.22. The van der Waals surface area contributed by atoms with Crippen LogP contribution < -0.4 is 0 Å². The van der Waals surface area contributed by atoms with E-state index in [9.17, 15) is 8.42 Å². The SMILES string of the molecule is COCCN(CCOC)S(=O)(=O)C(C)CO. The summed E-state index contributed by atoms with van der Waals surface area (Å²) in [5.74, 6) is 0. The summed E-state index contributed by atoms with van der Waals surface area (Å²) in [6.45, 7) is 2.27. The highest BCUT2D eigenvalue weighted by atomic mass is 32.2. The van der Waals surface area contributed by atoms with E-state index in [1.165, 1.54) is 25.4 Å². The summed E-state index contributed by atoms with van der Waals surface area (Å²) in [5.41, 5.74) is 0. The fourth-order valence-electron chi connectivity index (χ4n) is 1.10. The van der Waals surface area contributed by atoms with Crippen molar-refractivity contribution >= 4 is 10.0 Å². The second-order valence-corrected chi connectivity index (χ2v) is 5.77. The van der Waals surface area contributed by atoms with Crippen LogP contribution in [0, 0.1) is 0 Å². The van der Waals surface area contributed by atoms with Crippen molar-refractivity contribution in [1.82, 2.24) is 4.31 Å². The molecule has 98 valence electrons. The molecule has 0 radical (unpaired) electrons. The van der Waals surface area contributed by atoms with Crippen LogP contribution in [0.4, 0.5) is 0 Å². The number of aliphatic hydroxyl groups excluding tert-OH is 1. The predicted molar refractivity (Wildman–Crippen MR) is 60.8 cm³/mol. The normalized spacial score (nSPS) is 14.3. The van der Waals surface area contributed by atoms with Crippen molar-refractivity contribution in [2.75, 3.05) is 47.1 Å². The number of sulfonamides is 1. The average molecular weight is 255 g/mol. The lowest BCUT2D eigenvalue weighted by Crippen LogP contribution is -2.42. The highest BCUT2D eigenvalue weighted by Crippen LogP contribution is 2.08. The molecule has 0 aliphatic carbocycles. The zero-order valence-electron chi connectivity index (χ0n) is 10.0. The lowest BCUT2D eigenvalue weighted by atomic mass is 10.5. The van der Waals surface area contributed by atoms with Crippen molar-refractivity contribution in [3.63, 3.8) is 0 Å². The number of aliphatic hydroxyl groups is 1. The summed E-state index contributed by atoms with van der Waals surface area (Å²) in [5, 5.41) is 8.10. The Labute approximate surface area is 97.2 Å². The molecular formula is C9H21NO5S. The highest BCUT2D eigenvalue weighted by molar-refractivity contribution is 7.89. The first kappa shape index (κ1) is 15.8. The molecule has 0 spiro atoms. The Morgan fingerprint density at radius 1 is 1.19 bits per heavy atom. The molecule has 0 rings (SSSR count). The third kappa shape index (κ3) is 4.75. The van der Waals surface area contributed by atoms with Crippen LogP contribution in [0.2, 0.25) is 0 Å². The van der Waals surface area contributed by atoms with Crippen molar-refractivity contribution in [2.45, 2.75) is 12.2 Å². The van der Waals surface area contributed by atoms with Crippen LogP contribution >= 0.6 is 0 Å². The van der Waals surface area contributed by atoms with Crippen LogP contribution in [-0.2, 0) is 19.5 Å². The van der Waals surface area contributed by atoms with Crippen LogP contribution in [-0.4, -0.2) is 70.2 Å². The molecule has 16 heavy (non-hydrogen) atoms. The van der Waals surface area contributed by atoms with Crippen molar-refractivity contribution in [1.29, 1.82) is 0 Å². The standard InChI is InChI=1S/C9H21NO5S/c1-9(8-11)16(12,13)10(4-6-14-2)5-7-15-3/h9,11H,4-8H2,1-3H3. The Bertz CT molecular complexity index is 259. The minimum Gasteiger partial charge on any atom is -0.395 e. The average Bonchev–Trinajstić information content (AvgIpc) is 2.27. The van der Waals surface area contributed by atoms with Crippen molar-refractivity contribution < 1.29 is 23.0 Å².